The number of aliphatic hydroxyl groups excluding tert-OH is 1. The Hall–Kier alpha value is 0.610. The number of hydrogen-bond acceptors (Lipinski definition) is 3. The van der Waals surface area contributed by atoms with Gasteiger partial charge >= 0.3 is 0 Å². The molecule has 1 aliphatic heterocycles. The van der Waals surface area contributed by atoms with Gasteiger partial charge in [-0.05, 0) is 18.8 Å². The summed E-state index contributed by atoms with van der Waals surface area (Å²) in [7, 11) is 0. The van der Waals surface area contributed by atoms with Crippen LogP contribution >= 0.6 is 22.6 Å². The van der Waals surface area contributed by atoms with Crippen LogP contribution in [0.4, 0.5) is 0 Å². The molecule has 2 fully saturated rings. The third kappa shape index (κ3) is 5.11. The summed E-state index contributed by atoms with van der Waals surface area (Å²) in [4.78, 5) is 0. The number of halogens is 1. The molecule has 4 atom stereocenters. The van der Waals surface area contributed by atoms with Crippen LogP contribution in [0.2, 0.25) is 0 Å². The molecule has 2 aliphatic rings. The molecule has 118 valence electrons. The van der Waals surface area contributed by atoms with Gasteiger partial charge in [-0.15, -0.1) is 0 Å². The van der Waals surface area contributed by atoms with Crippen LogP contribution in [0.1, 0.15) is 58.8 Å². The quantitative estimate of drug-likeness (QED) is 0.536. The minimum absolute atomic E-state index is 0.0248. The SMILES string of the molecule is CC(C)NC(CC1CCCCC1)C(O)C1CC(I)CO1. The summed E-state index contributed by atoms with van der Waals surface area (Å²) >= 11 is 2.43. The monoisotopic (exact) mass is 395 g/mol. The Bertz CT molecular complexity index is 282. The summed E-state index contributed by atoms with van der Waals surface area (Å²) in [5.41, 5.74) is 0. The number of aliphatic hydroxyl groups is 1. The van der Waals surface area contributed by atoms with E-state index in [1.807, 2.05) is 0 Å². The van der Waals surface area contributed by atoms with E-state index in [1.165, 1.54) is 32.1 Å². The molecular weight excluding hydrogens is 365 g/mol. The van der Waals surface area contributed by atoms with Crippen molar-refractivity contribution in [1.82, 2.24) is 5.32 Å². The Labute approximate surface area is 137 Å². The van der Waals surface area contributed by atoms with Gasteiger partial charge in [-0.25, -0.2) is 0 Å². The Morgan fingerprint density at radius 3 is 2.50 bits per heavy atom. The third-order valence-corrected chi connectivity index (χ3v) is 5.50. The molecule has 2 N–H and O–H groups in total. The Kier molecular flexibility index (Phi) is 7.04. The van der Waals surface area contributed by atoms with Crippen molar-refractivity contribution >= 4 is 22.6 Å². The smallest absolute Gasteiger partial charge is 0.0954 e. The molecule has 0 aromatic carbocycles. The van der Waals surface area contributed by atoms with E-state index in [0.29, 0.717) is 9.97 Å². The molecule has 1 saturated heterocycles. The highest BCUT2D eigenvalue weighted by atomic mass is 127. The maximum absolute atomic E-state index is 10.7. The van der Waals surface area contributed by atoms with Crippen molar-refractivity contribution in [2.75, 3.05) is 6.61 Å². The molecule has 4 unspecified atom stereocenters. The largest absolute Gasteiger partial charge is 0.389 e. The maximum Gasteiger partial charge on any atom is 0.0954 e. The second-order valence-corrected chi connectivity index (χ2v) is 8.62. The van der Waals surface area contributed by atoms with E-state index in [4.69, 9.17) is 4.74 Å². The molecule has 0 amide bonds. The molecular formula is C16H30INO2. The van der Waals surface area contributed by atoms with Gasteiger partial charge in [-0.3, -0.25) is 0 Å². The van der Waals surface area contributed by atoms with Gasteiger partial charge < -0.3 is 15.2 Å². The fraction of sp³-hybridized carbons (Fsp3) is 1.00. The molecule has 20 heavy (non-hydrogen) atoms. The summed E-state index contributed by atoms with van der Waals surface area (Å²) in [5.74, 6) is 0.784. The minimum Gasteiger partial charge on any atom is -0.389 e. The average Bonchev–Trinajstić information content (AvgIpc) is 2.84. The normalized spacial score (nSPS) is 31.6. The topological polar surface area (TPSA) is 41.5 Å². The van der Waals surface area contributed by atoms with Crippen molar-refractivity contribution < 1.29 is 9.84 Å². The highest BCUT2D eigenvalue weighted by molar-refractivity contribution is 14.1. The van der Waals surface area contributed by atoms with E-state index in [-0.39, 0.29) is 18.2 Å². The highest BCUT2D eigenvalue weighted by Crippen LogP contribution is 2.30. The van der Waals surface area contributed by atoms with Crippen LogP contribution < -0.4 is 5.32 Å². The average molecular weight is 395 g/mol. The van der Waals surface area contributed by atoms with E-state index in [9.17, 15) is 5.11 Å². The standard InChI is InChI=1S/C16H30INO2/c1-11(2)18-14(8-12-6-4-3-5-7-12)16(19)15-9-13(17)10-20-15/h11-16,18-19H,3-10H2,1-2H3. The molecule has 0 aromatic rings. The Morgan fingerprint density at radius 1 is 1.25 bits per heavy atom. The van der Waals surface area contributed by atoms with Gasteiger partial charge in [0.15, 0.2) is 0 Å². The van der Waals surface area contributed by atoms with E-state index in [1.54, 1.807) is 0 Å². The highest BCUT2D eigenvalue weighted by Gasteiger charge is 2.35. The summed E-state index contributed by atoms with van der Waals surface area (Å²) < 4.78 is 6.34. The van der Waals surface area contributed by atoms with Gasteiger partial charge in [-0.2, -0.15) is 0 Å². The zero-order valence-corrected chi connectivity index (χ0v) is 15.0. The van der Waals surface area contributed by atoms with Crippen molar-refractivity contribution in [3.63, 3.8) is 0 Å². The summed E-state index contributed by atoms with van der Waals surface area (Å²) in [5, 5.41) is 14.3. The molecule has 0 bridgehead atoms. The minimum atomic E-state index is -0.362. The number of hydrogen-bond donors (Lipinski definition) is 2. The van der Waals surface area contributed by atoms with E-state index >= 15 is 0 Å². The van der Waals surface area contributed by atoms with Crippen LogP contribution in [0.15, 0.2) is 0 Å². The first-order valence-corrected chi connectivity index (χ1v) is 9.50. The van der Waals surface area contributed by atoms with Crippen LogP contribution in [0.25, 0.3) is 0 Å². The number of ether oxygens (including phenoxy) is 1. The maximum atomic E-state index is 10.7. The molecule has 2 rings (SSSR count). The number of alkyl halides is 1. The van der Waals surface area contributed by atoms with E-state index < -0.39 is 0 Å². The number of nitrogens with one attached hydrogen (secondary N) is 1. The molecule has 0 aromatic heterocycles. The van der Waals surface area contributed by atoms with E-state index in [0.717, 1.165) is 25.4 Å². The first-order chi connectivity index (χ1) is 9.56. The van der Waals surface area contributed by atoms with Gasteiger partial charge in [0.05, 0.1) is 18.8 Å². The third-order valence-electron chi connectivity index (χ3n) is 4.63. The molecule has 3 nitrogen and oxygen atoms in total. The van der Waals surface area contributed by atoms with Crippen molar-refractivity contribution in [1.29, 1.82) is 0 Å². The van der Waals surface area contributed by atoms with Crippen LogP contribution in [0, 0.1) is 5.92 Å². The summed E-state index contributed by atoms with van der Waals surface area (Å²) in [6.07, 6.45) is 8.55. The van der Waals surface area contributed by atoms with Crippen molar-refractivity contribution in [3.8, 4) is 0 Å². The van der Waals surface area contributed by atoms with Gasteiger partial charge in [0.1, 0.15) is 0 Å². The lowest BCUT2D eigenvalue weighted by Gasteiger charge is -2.33. The first-order valence-electron chi connectivity index (χ1n) is 8.26. The van der Waals surface area contributed by atoms with Gasteiger partial charge in [-0.1, -0.05) is 68.5 Å². The van der Waals surface area contributed by atoms with Crippen LogP contribution in [0.5, 0.6) is 0 Å². The second-order valence-electron chi connectivity index (χ2n) is 6.86. The van der Waals surface area contributed by atoms with Crippen molar-refractivity contribution in [2.24, 2.45) is 5.92 Å². The summed E-state index contributed by atoms with van der Waals surface area (Å²) in [6, 6.07) is 0.597. The second kappa shape index (κ2) is 8.30. The number of rotatable bonds is 6. The van der Waals surface area contributed by atoms with Crippen LogP contribution in [-0.2, 0) is 4.74 Å². The van der Waals surface area contributed by atoms with Gasteiger partial charge in [0.25, 0.3) is 0 Å². The van der Waals surface area contributed by atoms with Gasteiger partial charge in [0.2, 0.25) is 0 Å². The molecule has 1 saturated carbocycles. The zero-order chi connectivity index (χ0) is 14.5. The summed E-state index contributed by atoms with van der Waals surface area (Å²) in [6.45, 7) is 5.12. The van der Waals surface area contributed by atoms with Crippen molar-refractivity contribution in [2.45, 2.75) is 87.0 Å². The van der Waals surface area contributed by atoms with Crippen LogP contribution in [0.3, 0.4) is 0 Å². The zero-order valence-electron chi connectivity index (χ0n) is 12.9. The lowest BCUT2D eigenvalue weighted by atomic mass is 9.82. The van der Waals surface area contributed by atoms with Gasteiger partial charge in [0, 0.05) is 16.0 Å². The first kappa shape index (κ1) is 17.0. The predicted octanol–water partition coefficient (Wildman–Crippen LogP) is 3.28. The van der Waals surface area contributed by atoms with Crippen LogP contribution in [-0.4, -0.2) is 39.9 Å². The fourth-order valence-electron chi connectivity index (χ4n) is 3.63. The Morgan fingerprint density at radius 2 is 1.95 bits per heavy atom. The lowest BCUT2D eigenvalue weighted by Crippen LogP contribution is -2.49. The van der Waals surface area contributed by atoms with Crippen molar-refractivity contribution in [3.05, 3.63) is 0 Å². The molecule has 1 aliphatic carbocycles. The fourth-order valence-corrected chi connectivity index (χ4v) is 4.34. The Balaban J connectivity index is 1.91. The molecule has 1 heterocycles. The molecule has 0 radical (unpaired) electrons. The predicted molar refractivity (Wildman–Crippen MR) is 91.4 cm³/mol. The lowest BCUT2D eigenvalue weighted by molar-refractivity contribution is -0.0270. The molecule has 4 heteroatoms. The van der Waals surface area contributed by atoms with E-state index in [2.05, 4.69) is 41.8 Å². The molecule has 0 spiro atoms.